The van der Waals surface area contributed by atoms with Crippen molar-refractivity contribution >= 4 is 11.6 Å². The summed E-state index contributed by atoms with van der Waals surface area (Å²) in [6.45, 7) is 2.47. The minimum absolute atomic E-state index is 0.00820. The van der Waals surface area contributed by atoms with Gasteiger partial charge in [-0.2, -0.15) is 0 Å². The van der Waals surface area contributed by atoms with Crippen molar-refractivity contribution in [2.75, 3.05) is 5.32 Å². The standard InChI is InChI=1S/C19H26N2O/c1-12(22)21-18-4-2-3-13(10-18)11-20-19-16-6-14-5-15(8-16)9-17(19)7-14/h2-4,10,14-17,19-20H,5-9,11H2,1H3,(H,21,22). The summed E-state index contributed by atoms with van der Waals surface area (Å²) >= 11 is 0. The van der Waals surface area contributed by atoms with Crippen molar-refractivity contribution in [3.05, 3.63) is 29.8 Å². The fraction of sp³-hybridized carbons (Fsp3) is 0.632. The molecule has 1 aromatic rings. The molecule has 3 heteroatoms. The van der Waals surface area contributed by atoms with Crippen LogP contribution < -0.4 is 10.6 Å². The second-order valence-corrected chi connectivity index (χ2v) is 7.72. The molecule has 0 aliphatic heterocycles. The van der Waals surface area contributed by atoms with E-state index in [4.69, 9.17) is 0 Å². The molecule has 4 aliphatic carbocycles. The van der Waals surface area contributed by atoms with Gasteiger partial charge in [0.1, 0.15) is 0 Å². The Kier molecular flexibility index (Phi) is 3.69. The second kappa shape index (κ2) is 5.69. The van der Waals surface area contributed by atoms with Crippen molar-refractivity contribution in [3.8, 4) is 0 Å². The molecule has 0 radical (unpaired) electrons. The minimum atomic E-state index is -0.00820. The quantitative estimate of drug-likeness (QED) is 0.892. The first-order valence-corrected chi connectivity index (χ1v) is 8.77. The molecule has 0 spiro atoms. The predicted octanol–water partition coefficient (Wildman–Crippen LogP) is 3.56. The Labute approximate surface area is 132 Å². The number of carbonyl (C=O) groups excluding carboxylic acids is 1. The summed E-state index contributed by atoms with van der Waals surface area (Å²) in [6.07, 6.45) is 7.33. The third-order valence-electron chi connectivity index (χ3n) is 6.02. The molecule has 3 nitrogen and oxygen atoms in total. The molecule has 4 fully saturated rings. The van der Waals surface area contributed by atoms with E-state index in [1.807, 2.05) is 12.1 Å². The van der Waals surface area contributed by atoms with Crippen molar-refractivity contribution in [3.63, 3.8) is 0 Å². The largest absolute Gasteiger partial charge is 0.326 e. The average molecular weight is 298 g/mol. The lowest BCUT2D eigenvalue weighted by Crippen LogP contribution is -2.54. The van der Waals surface area contributed by atoms with E-state index >= 15 is 0 Å². The van der Waals surface area contributed by atoms with E-state index in [1.54, 1.807) is 6.92 Å². The minimum Gasteiger partial charge on any atom is -0.326 e. The molecule has 0 aromatic heterocycles. The number of nitrogens with one attached hydrogen (secondary N) is 2. The van der Waals surface area contributed by atoms with Crippen LogP contribution in [-0.4, -0.2) is 11.9 Å². The van der Waals surface area contributed by atoms with Crippen LogP contribution in [0.5, 0.6) is 0 Å². The number of carbonyl (C=O) groups is 1. The molecule has 4 bridgehead atoms. The fourth-order valence-electron chi connectivity index (χ4n) is 5.46. The molecular weight excluding hydrogens is 272 g/mol. The highest BCUT2D eigenvalue weighted by Crippen LogP contribution is 2.53. The highest BCUT2D eigenvalue weighted by atomic mass is 16.1. The number of rotatable bonds is 4. The van der Waals surface area contributed by atoms with Crippen LogP contribution in [-0.2, 0) is 11.3 Å². The van der Waals surface area contributed by atoms with E-state index in [2.05, 4.69) is 22.8 Å². The molecule has 1 aromatic carbocycles. The van der Waals surface area contributed by atoms with Crippen molar-refractivity contribution in [1.29, 1.82) is 0 Å². The highest BCUT2D eigenvalue weighted by Gasteiger charge is 2.47. The summed E-state index contributed by atoms with van der Waals surface area (Å²) in [6, 6.07) is 8.93. The van der Waals surface area contributed by atoms with Gasteiger partial charge in [0.25, 0.3) is 0 Å². The van der Waals surface area contributed by atoms with Crippen LogP contribution in [0.1, 0.15) is 44.6 Å². The molecule has 0 unspecified atom stereocenters. The Morgan fingerprint density at radius 3 is 2.41 bits per heavy atom. The van der Waals surface area contributed by atoms with Crippen molar-refractivity contribution in [2.45, 2.75) is 51.6 Å². The Bertz CT molecular complexity index is 540. The van der Waals surface area contributed by atoms with E-state index in [1.165, 1.54) is 37.7 Å². The van der Waals surface area contributed by atoms with Gasteiger partial charge in [0.15, 0.2) is 0 Å². The van der Waals surface area contributed by atoms with Crippen molar-refractivity contribution < 1.29 is 4.79 Å². The van der Waals surface area contributed by atoms with Gasteiger partial charge >= 0.3 is 0 Å². The summed E-state index contributed by atoms with van der Waals surface area (Å²) in [5.41, 5.74) is 2.16. The van der Waals surface area contributed by atoms with Crippen LogP contribution in [0.3, 0.4) is 0 Å². The Morgan fingerprint density at radius 1 is 1.09 bits per heavy atom. The molecule has 5 rings (SSSR count). The summed E-state index contributed by atoms with van der Waals surface area (Å²) in [7, 11) is 0. The fourth-order valence-corrected chi connectivity index (χ4v) is 5.46. The smallest absolute Gasteiger partial charge is 0.221 e. The number of hydrogen-bond donors (Lipinski definition) is 2. The molecule has 22 heavy (non-hydrogen) atoms. The predicted molar refractivity (Wildman–Crippen MR) is 88.4 cm³/mol. The Balaban J connectivity index is 1.39. The van der Waals surface area contributed by atoms with Gasteiger partial charge in [0.2, 0.25) is 5.91 Å². The lowest BCUT2D eigenvalue weighted by molar-refractivity contribution is -0.114. The molecule has 2 N–H and O–H groups in total. The van der Waals surface area contributed by atoms with Gasteiger partial charge in [0.05, 0.1) is 0 Å². The van der Waals surface area contributed by atoms with Crippen LogP contribution >= 0.6 is 0 Å². The van der Waals surface area contributed by atoms with E-state index in [9.17, 15) is 4.79 Å². The van der Waals surface area contributed by atoms with E-state index < -0.39 is 0 Å². The highest BCUT2D eigenvalue weighted by molar-refractivity contribution is 5.88. The van der Waals surface area contributed by atoms with Crippen LogP contribution in [0.15, 0.2) is 24.3 Å². The van der Waals surface area contributed by atoms with Crippen LogP contribution in [0, 0.1) is 23.7 Å². The first-order valence-electron chi connectivity index (χ1n) is 8.77. The summed E-state index contributed by atoms with van der Waals surface area (Å²) in [4.78, 5) is 11.2. The van der Waals surface area contributed by atoms with Gasteiger partial charge < -0.3 is 10.6 Å². The molecule has 1 amide bonds. The normalized spacial score (nSPS) is 35.6. The summed E-state index contributed by atoms with van der Waals surface area (Å²) in [5.74, 6) is 3.88. The lowest BCUT2D eigenvalue weighted by atomic mass is 9.54. The maximum atomic E-state index is 11.2. The Hall–Kier alpha value is -1.35. The SMILES string of the molecule is CC(=O)Nc1cccc(CNC2C3CC4CC(C3)CC2C4)c1. The molecule has 4 aliphatic rings. The van der Waals surface area contributed by atoms with Crippen molar-refractivity contribution in [1.82, 2.24) is 5.32 Å². The van der Waals surface area contributed by atoms with Gasteiger partial charge in [0, 0.05) is 25.2 Å². The van der Waals surface area contributed by atoms with E-state index in [0.717, 1.165) is 41.9 Å². The third kappa shape index (κ3) is 2.79. The zero-order valence-electron chi connectivity index (χ0n) is 13.3. The summed E-state index contributed by atoms with van der Waals surface area (Å²) < 4.78 is 0. The third-order valence-corrected chi connectivity index (χ3v) is 6.02. The van der Waals surface area contributed by atoms with Gasteiger partial charge in [-0.05, 0) is 73.5 Å². The molecule has 0 saturated heterocycles. The monoisotopic (exact) mass is 298 g/mol. The van der Waals surface area contributed by atoms with Gasteiger partial charge in [-0.15, -0.1) is 0 Å². The summed E-state index contributed by atoms with van der Waals surface area (Å²) in [5, 5.41) is 6.72. The molecule has 0 atom stereocenters. The van der Waals surface area contributed by atoms with Crippen LogP contribution in [0.2, 0.25) is 0 Å². The number of amides is 1. The van der Waals surface area contributed by atoms with E-state index in [-0.39, 0.29) is 5.91 Å². The van der Waals surface area contributed by atoms with E-state index in [0.29, 0.717) is 0 Å². The maximum Gasteiger partial charge on any atom is 0.221 e. The number of benzene rings is 1. The number of hydrogen-bond acceptors (Lipinski definition) is 2. The number of anilines is 1. The van der Waals surface area contributed by atoms with Gasteiger partial charge in [-0.1, -0.05) is 12.1 Å². The topological polar surface area (TPSA) is 41.1 Å². The molecule has 0 heterocycles. The average Bonchev–Trinajstić information content (AvgIpc) is 2.45. The Morgan fingerprint density at radius 2 is 1.77 bits per heavy atom. The second-order valence-electron chi connectivity index (χ2n) is 7.72. The molecular formula is C19H26N2O. The molecule has 4 saturated carbocycles. The molecule has 118 valence electrons. The maximum absolute atomic E-state index is 11.2. The van der Waals surface area contributed by atoms with Gasteiger partial charge in [-0.25, -0.2) is 0 Å². The zero-order valence-corrected chi connectivity index (χ0v) is 13.3. The van der Waals surface area contributed by atoms with Gasteiger partial charge in [-0.3, -0.25) is 4.79 Å². The van der Waals surface area contributed by atoms with Crippen molar-refractivity contribution in [2.24, 2.45) is 23.7 Å². The first-order chi connectivity index (χ1) is 10.7. The lowest BCUT2D eigenvalue weighted by Gasteiger charge is -2.54. The van der Waals surface area contributed by atoms with Crippen LogP contribution in [0.25, 0.3) is 0 Å². The van der Waals surface area contributed by atoms with Crippen LogP contribution in [0.4, 0.5) is 5.69 Å². The first kappa shape index (κ1) is 14.3. The zero-order chi connectivity index (χ0) is 15.1.